The number of amides is 1. The number of benzene rings is 2. The number of carbonyl (C=O) groups is 1. The molecule has 0 saturated heterocycles. The monoisotopic (exact) mass is 365 g/mol. The van der Waals surface area contributed by atoms with Crippen LogP contribution in [0.15, 0.2) is 72.9 Å². The van der Waals surface area contributed by atoms with Gasteiger partial charge in [-0.25, -0.2) is 4.98 Å². The highest BCUT2D eigenvalue weighted by Crippen LogP contribution is 2.23. The van der Waals surface area contributed by atoms with Gasteiger partial charge < -0.3 is 10.2 Å². The largest absolute Gasteiger partial charge is 0.348 e. The molecule has 0 bridgehead atoms. The summed E-state index contributed by atoms with van der Waals surface area (Å²) < 4.78 is 0. The Bertz CT molecular complexity index is 866. The van der Waals surface area contributed by atoms with Crippen LogP contribution < -0.4 is 10.2 Å². The smallest absolute Gasteiger partial charge is 0.251 e. The lowest BCUT2D eigenvalue weighted by atomic mass is 10.2. The van der Waals surface area contributed by atoms with E-state index in [1.54, 1.807) is 12.3 Å². The molecule has 0 radical (unpaired) electrons. The second-order valence-electron chi connectivity index (χ2n) is 5.79. The summed E-state index contributed by atoms with van der Waals surface area (Å²) in [7, 11) is 0. The molecular weight excluding hydrogens is 346 g/mol. The molecule has 132 valence electrons. The highest BCUT2D eigenvalue weighted by atomic mass is 35.5. The molecule has 1 aromatic heterocycles. The van der Waals surface area contributed by atoms with Gasteiger partial charge in [0.25, 0.3) is 5.91 Å². The topological polar surface area (TPSA) is 45.2 Å². The lowest BCUT2D eigenvalue weighted by molar-refractivity contribution is 0.0951. The van der Waals surface area contributed by atoms with Crippen molar-refractivity contribution in [3.8, 4) is 0 Å². The van der Waals surface area contributed by atoms with Gasteiger partial charge in [0.05, 0.1) is 0 Å². The van der Waals surface area contributed by atoms with E-state index < -0.39 is 0 Å². The Morgan fingerprint density at radius 1 is 1.08 bits per heavy atom. The normalized spacial score (nSPS) is 10.4. The first kappa shape index (κ1) is 18.0. The fourth-order valence-electron chi connectivity index (χ4n) is 2.68. The van der Waals surface area contributed by atoms with Gasteiger partial charge >= 0.3 is 0 Å². The number of hydrogen-bond acceptors (Lipinski definition) is 3. The summed E-state index contributed by atoms with van der Waals surface area (Å²) in [5.74, 6) is 0.616. The Hall–Kier alpha value is -2.85. The average Bonchev–Trinajstić information content (AvgIpc) is 2.69. The number of aromatic nitrogens is 1. The first-order valence-corrected chi connectivity index (χ1v) is 8.86. The molecule has 4 nitrogen and oxygen atoms in total. The van der Waals surface area contributed by atoms with Crippen LogP contribution in [0, 0.1) is 0 Å². The number of anilines is 2. The van der Waals surface area contributed by atoms with Crippen molar-refractivity contribution in [2.75, 3.05) is 11.4 Å². The van der Waals surface area contributed by atoms with Crippen molar-refractivity contribution in [2.45, 2.75) is 13.5 Å². The molecule has 0 atom stereocenters. The summed E-state index contributed by atoms with van der Waals surface area (Å²) in [6, 6.07) is 21.0. The number of rotatable bonds is 6. The van der Waals surface area contributed by atoms with E-state index in [1.165, 1.54) is 0 Å². The van der Waals surface area contributed by atoms with Gasteiger partial charge in [-0.1, -0.05) is 41.9 Å². The number of para-hydroxylation sites is 1. The summed E-state index contributed by atoms with van der Waals surface area (Å²) in [6.45, 7) is 3.26. The molecule has 1 amide bonds. The zero-order valence-corrected chi connectivity index (χ0v) is 15.3. The van der Waals surface area contributed by atoms with Crippen molar-refractivity contribution in [3.05, 3.63) is 89.1 Å². The van der Waals surface area contributed by atoms with E-state index in [1.807, 2.05) is 60.7 Å². The second kappa shape index (κ2) is 8.50. The maximum atomic E-state index is 12.5. The Labute approximate surface area is 158 Å². The van der Waals surface area contributed by atoms with Crippen LogP contribution >= 0.6 is 11.6 Å². The molecular formula is C21H20ClN3O. The molecule has 2 aromatic carbocycles. The summed E-state index contributed by atoms with van der Waals surface area (Å²) in [5, 5.41) is 3.61. The SMILES string of the molecule is CCN(c1ccccc1)c1cc(C(=O)NCc2ccc(Cl)cc2)ccn1. The maximum Gasteiger partial charge on any atom is 0.251 e. The van der Waals surface area contributed by atoms with Gasteiger partial charge in [0, 0.05) is 35.6 Å². The first-order chi connectivity index (χ1) is 12.7. The van der Waals surface area contributed by atoms with Crippen molar-refractivity contribution in [1.82, 2.24) is 10.3 Å². The van der Waals surface area contributed by atoms with Crippen LogP contribution in [0.4, 0.5) is 11.5 Å². The van der Waals surface area contributed by atoms with Crippen molar-refractivity contribution >= 4 is 29.0 Å². The third kappa shape index (κ3) is 4.41. The lowest BCUT2D eigenvalue weighted by Gasteiger charge is -2.22. The third-order valence-electron chi connectivity index (χ3n) is 4.03. The number of carbonyl (C=O) groups excluding carboxylic acids is 1. The van der Waals surface area contributed by atoms with Crippen molar-refractivity contribution in [3.63, 3.8) is 0 Å². The molecule has 3 rings (SSSR count). The summed E-state index contributed by atoms with van der Waals surface area (Å²) in [6.07, 6.45) is 1.66. The Morgan fingerprint density at radius 2 is 1.81 bits per heavy atom. The van der Waals surface area contributed by atoms with Crippen molar-refractivity contribution in [1.29, 1.82) is 0 Å². The standard InChI is InChI=1S/C21H20ClN3O/c1-2-25(19-6-4-3-5-7-19)20-14-17(12-13-23-20)21(26)24-15-16-8-10-18(22)11-9-16/h3-14H,2,15H2,1H3,(H,24,26). The molecule has 3 aromatic rings. The molecule has 0 unspecified atom stereocenters. The molecule has 0 aliphatic rings. The maximum absolute atomic E-state index is 12.5. The van der Waals surface area contributed by atoms with Gasteiger partial charge in [0.2, 0.25) is 0 Å². The zero-order valence-electron chi connectivity index (χ0n) is 14.5. The van der Waals surface area contributed by atoms with Gasteiger partial charge in [-0.15, -0.1) is 0 Å². The van der Waals surface area contributed by atoms with E-state index >= 15 is 0 Å². The van der Waals surface area contributed by atoms with Crippen LogP contribution in [0.5, 0.6) is 0 Å². The van der Waals surface area contributed by atoms with E-state index in [0.717, 1.165) is 23.6 Å². The number of pyridine rings is 1. The molecule has 1 N–H and O–H groups in total. The lowest BCUT2D eigenvalue weighted by Crippen LogP contribution is -2.24. The van der Waals surface area contributed by atoms with Crippen LogP contribution in [0.3, 0.4) is 0 Å². The van der Waals surface area contributed by atoms with Crippen LogP contribution in [0.2, 0.25) is 5.02 Å². The van der Waals surface area contributed by atoms with E-state index in [9.17, 15) is 4.79 Å². The van der Waals surface area contributed by atoms with Gasteiger partial charge in [0.15, 0.2) is 0 Å². The summed E-state index contributed by atoms with van der Waals surface area (Å²) in [5.41, 5.74) is 2.62. The van der Waals surface area contributed by atoms with Crippen LogP contribution in [-0.4, -0.2) is 17.4 Å². The number of halogens is 1. The van der Waals surface area contributed by atoms with Gasteiger partial charge in [0.1, 0.15) is 5.82 Å². The summed E-state index contributed by atoms with van der Waals surface area (Å²) >= 11 is 5.88. The van der Waals surface area contributed by atoms with Gasteiger partial charge in [-0.05, 0) is 48.9 Å². The van der Waals surface area contributed by atoms with Crippen molar-refractivity contribution in [2.24, 2.45) is 0 Å². The second-order valence-corrected chi connectivity index (χ2v) is 6.23. The molecule has 5 heteroatoms. The Balaban J connectivity index is 1.73. The highest BCUT2D eigenvalue weighted by Gasteiger charge is 2.12. The van der Waals surface area contributed by atoms with Gasteiger partial charge in [-0.3, -0.25) is 4.79 Å². The van der Waals surface area contributed by atoms with Crippen LogP contribution in [0.25, 0.3) is 0 Å². The molecule has 0 spiro atoms. The van der Waals surface area contributed by atoms with Crippen LogP contribution in [0.1, 0.15) is 22.8 Å². The van der Waals surface area contributed by atoms with E-state index in [-0.39, 0.29) is 5.91 Å². The number of nitrogens with zero attached hydrogens (tertiary/aromatic N) is 2. The van der Waals surface area contributed by atoms with Crippen molar-refractivity contribution < 1.29 is 4.79 Å². The summed E-state index contributed by atoms with van der Waals surface area (Å²) in [4.78, 5) is 19.0. The first-order valence-electron chi connectivity index (χ1n) is 8.48. The quantitative estimate of drug-likeness (QED) is 0.681. The fourth-order valence-corrected chi connectivity index (χ4v) is 2.80. The minimum atomic E-state index is -0.132. The highest BCUT2D eigenvalue weighted by molar-refractivity contribution is 6.30. The minimum absolute atomic E-state index is 0.132. The Morgan fingerprint density at radius 3 is 2.50 bits per heavy atom. The number of hydrogen-bond donors (Lipinski definition) is 1. The predicted octanol–water partition coefficient (Wildman–Crippen LogP) is 4.82. The van der Waals surface area contributed by atoms with Gasteiger partial charge in [-0.2, -0.15) is 0 Å². The zero-order chi connectivity index (χ0) is 18.4. The average molecular weight is 366 g/mol. The molecule has 0 aliphatic heterocycles. The molecule has 26 heavy (non-hydrogen) atoms. The molecule has 0 fully saturated rings. The third-order valence-corrected chi connectivity index (χ3v) is 4.29. The fraction of sp³-hybridized carbons (Fsp3) is 0.143. The predicted molar refractivity (Wildman–Crippen MR) is 106 cm³/mol. The molecule has 0 saturated carbocycles. The van der Waals surface area contributed by atoms with E-state index in [0.29, 0.717) is 17.1 Å². The molecule has 1 heterocycles. The molecule has 0 aliphatic carbocycles. The van der Waals surface area contributed by atoms with Crippen LogP contribution in [-0.2, 0) is 6.54 Å². The number of nitrogens with one attached hydrogen (secondary N) is 1. The minimum Gasteiger partial charge on any atom is -0.348 e. The Kier molecular flexibility index (Phi) is 5.87. The van der Waals surface area contributed by atoms with E-state index in [2.05, 4.69) is 22.1 Å². The van der Waals surface area contributed by atoms with E-state index in [4.69, 9.17) is 11.6 Å².